The van der Waals surface area contributed by atoms with Gasteiger partial charge in [-0.15, -0.1) is 0 Å². The van der Waals surface area contributed by atoms with Gasteiger partial charge in [0.05, 0.1) is 0 Å². The Hall–Kier alpha value is -0.0800. The van der Waals surface area contributed by atoms with Gasteiger partial charge in [-0.2, -0.15) is 0 Å². The Morgan fingerprint density at radius 3 is 2.13 bits per heavy atom. The molecule has 7 atom stereocenters. The summed E-state index contributed by atoms with van der Waals surface area (Å²) >= 11 is 0. The molecule has 0 aromatic rings. The van der Waals surface area contributed by atoms with Crippen LogP contribution in [0.15, 0.2) is 0 Å². The fourth-order valence-electron chi connectivity index (χ4n) is 7.63. The lowest BCUT2D eigenvalue weighted by Gasteiger charge is -2.42. The smallest absolute Gasteiger partial charge is 0.00749 e. The van der Waals surface area contributed by atoms with Crippen LogP contribution in [0.4, 0.5) is 0 Å². The number of hydrogen-bond donors (Lipinski definition) is 2. The van der Waals surface area contributed by atoms with Crippen molar-refractivity contribution in [3.63, 3.8) is 0 Å². The van der Waals surface area contributed by atoms with E-state index in [4.69, 9.17) is 5.73 Å². The minimum atomic E-state index is 0.335. The summed E-state index contributed by atoms with van der Waals surface area (Å²) in [5.74, 6) is 3.64. The van der Waals surface area contributed by atoms with Gasteiger partial charge in [0.15, 0.2) is 0 Å². The average molecular weight is 435 g/mol. The van der Waals surface area contributed by atoms with E-state index >= 15 is 0 Å². The third kappa shape index (κ3) is 7.73. The number of nitrogens with two attached hydrogens (primary N) is 1. The highest BCUT2D eigenvalue weighted by Gasteiger charge is 2.39. The molecule has 2 rings (SSSR count). The predicted molar refractivity (Wildman–Crippen MR) is 138 cm³/mol. The fraction of sp³-hybridized carbons (Fsp3) is 1.00. The van der Waals surface area contributed by atoms with Crippen LogP contribution in [-0.4, -0.2) is 18.1 Å². The zero-order valence-electron chi connectivity index (χ0n) is 22.4. The second-order valence-corrected chi connectivity index (χ2v) is 12.3. The molecule has 0 saturated heterocycles. The molecule has 2 nitrogen and oxygen atoms in total. The van der Waals surface area contributed by atoms with Crippen molar-refractivity contribution in [1.82, 2.24) is 5.32 Å². The molecule has 0 heterocycles. The zero-order valence-corrected chi connectivity index (χ0v) is 22.4. The molecule has 0 bridgehead atoms. The molecule has 7 unspecified atom stereocenters. The van der Waals surface area contributed by atoms with Crippen molar-refractivity contribution in [2.24, 2.45) is 40.7 Å². The number of rotatable bonds is 12. The van der Waals surface area contributed by atoms with E-state index in [-0.39, 0.29) is 0 Å². The largest absolute Gasteiger partial charge is 0.327 e. The van der Waals surface area contributed by atoms with Crippen molar-refractivity contribution in [2.45, 2.75) is 150 Å². The molecule has 0 aromatic heterocycles. The minimum absolute atomic E-state index is 0.335. The van der Waals surface area contributed by atoms with Gasteiger partial charge in [0.25, 0.3) is 0 Å². The first-order valence-electron chi connectivity index (χ1n) is 14.2. The minimum Gasteiger partial charge on any atom is -0.327 e. The van der Waals surface area contributed by atoms with Crippen LogP contribution in [0.2, 0.25) is 0 Å². The van der Waals surface area contributed by atoms with E-state index in [0.29, 0.717) is 41.3 Å². The monoisotopic (exact) mass is 434 g/mol. The van der Waals surface area contributed by atoms with Crippen LogP contribution in [0.25, 0.3) is 0 Å². The molecule has 0 aromatic carbocycles. The third-order valence-electron chi connectivity index (χ3n) is 9.59. The summed E-state index contributed by atoms with van der Waals surface area (Å²) in [7, 11) is 0. The van der Waals surface area contributed by atoms with Crippen molar-refractivity contribution in [3.8, 4) is 0 Å². The molecule has 3 N–H and O–H groups in total. The second-order valence-electron chi connectivity index (χ2n) is 12.3. The molecule has 0 aliphatic heterocycles. The summed E-state index contributed by atoms with van der Waals surface area (Å²) in [6.07, 6.45) is 18.1. The highest BCUT2D eigenvalue weighted by atomic mass is 15.0. The van der Waals surface area contributed by atoms with Gasteiger partial charge in [-0.25, -0.2) is 0 Å². The Morgan fingerprint density at radius 2 is 1.55 bits per heavy atom. The van der Waals surface area contributed by atoms with E-state index in [1.807, 2.05) is 0 Å². The Balaban J connectivity index is 2.12. The lowest BCUT2D eigenvalue weighted by Crippen LogP contribution is -2.49. The zero-order chi connectivity index (χ0) is 23.0. The van der Waals surface area contributed by atoms with E-state index in [0.717, 1.165) is 18.3 Å². The Labute approximate surface area is 196 Å². The van der Waals surface area contributed by atoms with Crippen LogP contribution in [0.3, 0.4) is 0 Å². The van der Waals surface area contributed by atoms with Gasteiger partial charge < -0.3 is 11.1 Å². The summed E-state index contributed by atoms with van der Waals surface area (Å²) in [6.45, 7) is 17.0. The summed E-state index contributed by atoms with van der Waals surface area (Å²) in [6, 6.07) is 1.65. The van der Waals surface area contributed by atoms with E-state index < -0.39 is 0 Å². The molecule has 184 valence electrons. The molecule has 2 saturated carbocycles. The van der Waals surface area contributed by atoms with Crippen molar-refractivity contribution in [1.29, 1.82) is 0 Å². The van der Waals surface area contributed by atoms with Gasteiger partial charge >= 0.3 is 0 Å². The maximum atomic E-state index is 6.73. The first-order chi connectivity index (χ1) is 14.7. The molecular weight excluding hydrogens is 376 g/mol. The standard InChI is InChI=1S/C29H58N2/c1-8-17-29(9-2)18-13-12-16-26(20-29)31-24(7)28(25-14-10-11-15-25)23(6)22(5)27(30)19-21(3)4/h21-28,31H,8-20,30H2,1-7H3. The first kappa shape index (κ1) is 27.2. The van der Waals surface area contributed by atoms with Gasteiger partial charge in [-0.05, 0) is 74.0 Å². The highest BCUT2D eigenvalue weighted by Crippen LogP contribution is 2.44. The van der Waals surface area contributed by atoms with Gasteiger partial charge in [0.1, 0.15) is 0 Å². The van der Waals surface area contributed by atoms with Crippen molar-refractivity contribution >= 4 is 0 Å². The van der Waals surface area contributed by atoms with Crippen LogP contribution in [0.5, 0.6) is 0 Å². The van der Waals surface area contributed by atoms with Crippen LogP contribution < -0.4 is 11.1 Å². The normalized spacial score (nSPS) is 30.7. The Morgan fingerprint density at radius 1 is 0.903 bits per heavy atom. The molecule has 2 heteroatoms. The third-order valence-corrected chi connectivity index (χ3v) is 9.59. The predicted octanol–water partition coefficient (Wildman–Crippen LogP) is 7.95. The maximum Gasteiger partial charge on any atom is 0.00749 e. The summed E-state index contributed by atoms with van der Waals surface area (Å²) in [5, 5.41) is 4.26. The second kappa shape index (κ2) is 13.0. The van der Waals surface area contributed by atoms with Crippen LogP contribution in [0.1, 0.15) is 132 Å². The van der Waals surface area contributed by atoms with E-state index in [2.05, 4.69) is 53.8 Å². The Kier molecular flexibility index (Phi) is 11.4. The van der Waals surface area contributed by atoms with Gasteiger partial charge in [-0.1, -0.05) is 92.9 Å². The average Bonchev–Trinajstić information content (AvgIpc) is 3.16. The molecule has 31 heavy (non-hydrogen) atoms. The van der Waals surface area contributed by atoms with E-state index in [9.17, 15) is 0 Å². The molecule has 0 radical (unpaired) electrons. The molecule has 2 fully saturated rings. The van der Waals surface area contributed by atoms with Crippen LogP contribution >= 0.6 is 0 Å². The maximum absolute atomic E-state index is 6.73. The van der Waals surface area contributed by atoms with Crippen molar-refractivity contribution in [2.75, 3.05) is 0 Å². The first-order valence-corrected chi connectivity index (χ1v) is 14.2. The summed E-state index contributed by atoms with van der Waals surface area (Å²) in [4.78, 5) is 0. The molecule has 2 aliphatic carbocycles. The van der Waals surface area contributed by atoms with Gasteiger partial charge in [0.2, 0.25) is 0 Å². The molecule has 0 amide bonds. The van der Waals surface area contributed by atoms with Crippen molar-refractivity contribution in [3.05, 3.63) is 0 Å². The Bertz CT molecular complexity index is 483. The molecule has 0 spiro atoms. The quantitative estimate of drug-likeness (QED) is 0.306. The number of hydrogen-bond acceptors (Lipinski definition) is 2. The summed E-state index contributed by atoms with van der Waals surface area (Å²) in [5.41, 5.74) is 7.31. The van der Waals surface area contributed by atoms with Crippen molar-refractivity contribution < 1.29 is 0 Å². The SMILES string of the molecule is CCCC1(CC)CCCCC(NC(C)C(C2CCCC2)C(C)C(C)C(N)CC(C)C)C1. The summed E-state index contributed by atoms with van der Waals surface area (Å²) < 4.78 is 0. The molecule has 2 aliphatic rings. The van der Waals surface area contributed by atoms with Crippen LogP contribution in [-0.2, 0) is 0 Å². The van der Waals surface area contributed by atoms with E-state index in [1.165, 1.54) is 77.0 Å². The van der Waals surface area contributed by atoms with E-state index in [1.54, 1.807) is 0 Å². The topological polar surface area (TPSA) is 38.0 Å². The lowest BCUT2D eigenvalue weighted by molar-refractivity contribution is 0.111. The van der Waals surface area contributed by atoms with Gasteiger partial charge in [0, 0.05) is 18.1 Å². The molecular formula is C29H58N2. The van der Waals surface area contributed by atoms with Crippen LogP contribution in [0, 0.1) is 35.0 Å². The van der Waals surface area contributed by atoms with Gasteiger partial charge in [-0.3, -0.25) is 0 Å². The fourth-order valence-corrected chi connectivity index (χ4v) is 7.63. The number of nitrogens with one attached hydrogen (secondary N) is 1. The highest BCUT2D eigenvalue weighted by molar-refractivity contribution is 4.93. The lowest BCUT2D eigenvalue weighted by atomic mass is 9.69.